The largest absolute Gasteiger partial charge is 0.401 e. The van der Waals surface area contributed by atoms with E-state index in [0.29, 0.717) is 6.04 Å². The van der Waals surface area contributed by atoms with Gasteiger partial charge in [0.1, 0.15) is 0 Å². The lowest BCUT2D eigenvalue weighted by molar-refractivity contribution is 0.342. The highest BCUT2D eigenvalue weighted by Crippen LogP contribution is 2.18. The quantitative estimate of drug-likeness (QED) is 0.650. The van der Waals surface area contributed by atoms with Crippen LogP contribution in [0.2, 0.25) is 0 Å². The number of rotatable bonds is 2. The molecule has 1 rings (SSSR count). The first kappa shape index (κ1) is 8.60. The molecule has 1 unspecified atom stereocenters. The summed E-state index contributed by atoms with van der Waals surface area (Å²) in [4.78, 5) is 2.33. The predicted molar refractivity (Wildman–Crippen MR) is 48.2 cm³/mol. The molecule has 64 valence electrons. The minimum absolute atomic E-state index is 0.523. The minimum atomic E-state index is 0.523. The van der Waals surface area contributed by atoms with Crippen molar-refractivity contribution in [2.24, 2.45) is 5.73 Å². The normalized spacial score (nSPS) is 27.8. The molecule has 0 amide bonds. The molecule has 1 aliphatic heterocycles. The molecule has 1 heterocycles. The molecule has 2 nitrogen and oxygen atoms in total. The van der Waals surface area contributed by atoms with E-state index >= 15 is 0 Å². The maximum Gasteiger partial charge on any atom is 0.0487 e. The van der Waals surface area contributed by atoms with Crippen LogP contribution in [0.5, 0.6) is 0 Å². The van der Waals surface area contributed by atoms with Gasteiger partial charge in [-0.05, 0) is 32.9 Å². The fraction of sp³-hybridized carbons (Fsp3) is 0.778. The molecule has 0 spiro atoms. The van der Waals surface area contributed by atoms with Crippen molar-refractivity contribution in [1.29, 1.82) is 0 Å². The van der Waals surface area contributed by atoms with E-state index in [-0.39, 0.29) is 0 Å². The summed E-state index contributed by atoms with van der Waals surface area (Å²) in [6.45, 7) is 3.32. The van der Waals surface area contributed by atoms with Gasteiger partial charge in [-0.1, -0.05) is 13.0 Å². The zero-order chi connectivity index (χ0) is 8.27. The van der Waals surface area contributed by atoms with Crippen LogP contribution in [0.25, 0.3) is 0 Å². The number of hydrogen-bond donors (Lipinski definition) is 1. The fourth-order valence-electron chi connectivity index (χ4n) is 1.70. The molecule has 0 radical (unpaired) electrons. The average molecular weight is 154 g/mol. The van der Waals surface area contributed by atoms with Crippen LogP contribution in [-0.4, -0.2) is 24.5 Å². The van der Waals surface area contributed by atoms with Gasteiger partial charge in [-0.2, -0.15) is 0 Å². The van der Waals surface area contributed by atoms with Gasteiger partial charge in [0.05, 0.1) is 0 Å². The van der Waals surface area contributed by atoms with E-state index in [1.165, 1.54) is 19.4 Å². The van der Waals surface area contributed by atoms with Gasteiger partial charge in [0.25, 0.3) is 0 Å². The molecule has 0 aromatic heterocycles. The van der Waals surface area contributed by atoms with Crippen molar-refractivity contribution >= 4 is 0 Å². The molecule has 2 N–H and O–H groups in total. The van der Waals surface area contributed by atoms with Crippen molar-refractivity contribution in [3.8, 4) is 0 Å². The number of hydrogen-bond acceptors (Lipinski definition) is 2. The van der Waals surface area contributed by atoms with Crippen LogP contribution in [0.3, 0.4) is 0 Å². The van der Waals surface area contributed by atoms with E-state index in [9.17, 15) is 0 Å². The first-order chi connectivity index (χ1) is 5.25. The van der Waals surface area contributed by atoms with Crippen LogP contribution in [0.1, 0.15) is 26.2 Å². The highest BCUT2D eigenvalue weighted by molar-refractivity contribution is 5.08. The summed E-state index contributed by atoms with van der Waals surface area (Å²) >= 11 is 0. The molecule has 1 fully saturated rings. The van der Waals surface area contributed by atoms with Crippen LogP contribution in [0, 0.1) is 0 Å². The zero-order valence-electron chi connectivity index (χ0n) is 7.51. The van der Waals surface area contributed by atoms with Crippen molar-refractivity contribution in [3.05, 3.63) is 11.8 Å². The van der Waals surface area contributed by atoms with E-state index in [1.54, 1.807) is 0 Å². The molecule has 11 heavy (non-hydrogen) atoms. The summed E-state index contributed by atoms with van der Waals surface area (Å²) in [6.07, 6.45) is 5.71. The zero-order valence-corrected chi connectivity index (χ0v) is 7.51. The van der Waals surface area contributed by atoms with Gasteiger partial charge in [-0.15, -0.1) is 0 Å². The Balaban J connectivity index is 2.52. The van der Waals surface area contributed by atoms with E-state index in [0.717, 1.165) is 12.1 Å². The molecule has 0 aromatic rings. The Morgan fingerprint density at radius 1 is 1.73 bits per heavy atom. The van der Waals surface area contributed by atoms with Crippen LogP contribution < -0.4 is 5.73 Å². The van der Waals surface area contributed by atoms with Crippen molar-refractivity contribution in [3.63, 3.8) is 0 Å². The van der Waals surface area contributed by atoms with Crippen LogP contribution in [0.15, 0.2) is 11.8 Å². The lowest BCUT2D eigenvalue weighted by Gasteiger charge is -2.19. The maximum absolute atomic E-state index is 5.90. The van der Waals surface area contributed by atoms with Crippen molar-refractivity contribution in [1.82, 2.24) is 4.90 Å². The van der Waals surface area contributed by atoms with Crippen LogP contribution >= 0.6 is 0 Å². The number of allylic oxidation sites excluding steroid dienone is 1. The van der Waals surface area contributed by atoms with Gasteiger partial charge >= 0.3 is 0 Å². The molecule has 0 aromatic carbocycles. The van der Waals surface area contributed by atoms with E-state index in [2.05, 4.69) is 24.9 Å². The number of likely N-dealkylation sites (N-methyl/N-ethyl adjacent to an activating group) is 1. The Hall–Kier alpha value is -0.500. The molecule has 2 heteroatoms. The number of nitrogens with two attached hydrogens (primary N) is 1. The summed E-state index contributed by atoms with van der Waals surface area (Å²) in [5, 5.41) is 0. The molecule has 1 aliphatic rings. The van der Waals surface area contributed by atoms with E-state index in [1.807, 2.05) is 0 Å². The van der Waals surface area contributed by atoms with Gasteiger partial charge < -0.3 is 5.73 Å². The Kier molecular flexibility index (Phi) is 2.94. The number of nitrogens with zero attached hydrogens (tertiary/aromatic N) is 1. The topological polar surface area (TPSA) is 29.3 Å². The van der Waals surface area contributed by atoms with Crippen LogP contribution in [0.4, 0.5) is 0 Å². The van der Waals surface area contributed by atoms with E-state index < -0.39 is 0 Å². The Morgan fingerprint density at radius 2 is 2.45 bits per heavy atom. The average Bonchev–Trinajstić information content (AvgIpc) is 2.36. The monoisotopic (exact) mass is 154 g/mol. The fourth-order valence-corrected chi connectivity index (χ4v) is 1.70. The smallest absolute Gasteiger partial charge is 0.0487 e. The second kappa shape index (κ2) is 3.77. The third-order valence-corrected chi connectivity index (χ3v) is 2.35. The molecule has 0 saturated carbocycles. The van der Waals surface area contributed by atoms with Gasteiger partial charge in [-0.25, -0.2) is 0 Å². The van der Waals surface area contributed by atoms with Crippen molar-refractivity contribution in [2.45, 2.75) is 32.2 Å². The summed E-state index contributed by atoms with van der Waals surface area (Å²) in [5.74, 6) is 0. The summed E-state index contributed by atoms with van der Waals surface area (Å²) in [7, 11) is 2.15. The number of likely N-dealkylation sites (tertiary alicyclic amines) is 1. The Bertz CT molecular complexity index is 152. The van der Waals surface area contributed by atoms with Crippen molar-refractivity contribution in [2.75, 3.05) is 13.6 Å². The standard InChI is InChI=1S/C9H18N2/c1-3-5-8(10)9-6-4-7-11(9)2/h5,9H,3-4,6-7,10H2,1-2H3/b8-5+. The molecular weight excluding hydrogens is 136 g/mol. The lowest BCUT2D eigenvalue weighted by Crippen LogP contribution is -2.30. The first-order valence-corrected chi connectivity index (χ1v) is 4.41. The second-order valence-electron chi connectivity index (χ2n) is 3.25. The van der Waals surface area contributed by atoms with Crippen molar-refractivity contribution < 1.29 is 0 Å². The lowest BCUT2D eigenvalue weighted by atomic mass is 10.1. The molecule has 0 bridgehead atoms. The molecular formula is C9H18N2. The predicted octanol–water partition coefficient (Wildman–Crippen LogP) is 1.33. The van der Waals surface area contributed by atoms with Gasteiger partial charge in [-0.3, -0.25) is 4.90 Å². The van der Waals surface area contributed by atoms with Gasteiger partial charge in [0, 0.05) is 11.7 Å². The highest BCUT2D eigenvalue weighted by atomic mass is 15.2. The summed E-state index contributed by atoms with van der Waals surface area (Å²) < 4.78 is 0. The third kappa shape index (κ3) is 1.96. The van der Waals surface area contributed by atoms with Gasteiger partial charge in [0.15, 0.2) is 0 Å². The highest BCUT2D eigenvalue weighted by Gasteiger charge is 2.22. The molecule has 1 saturated heterocycles. The van der Waals surface area contributed by atoms with E-state index in [4.69, 9.17) is 5.73 Å². The Morgan fingerprint density at radius 3 is 2.91 bits per heavy atom. The maximum atomic E-state index is 5.90. The third-order valence-electron chi connectivity index (χ3n) is 2.35. The Labute approximate surface area is 69.1 Å². The van der Waals surface area contributed by atoms with Crippen LogP contribution in [-0.2, 0) is 0 Å². The minimum Gasteiger partial charge on any atom is -0.401 e. The summed E-state index contributed by atoms with van der Waals surface area (Å²) in [6, 6.07) is 0.523. The first-order valence-electron chi connectivity index (χ1n) is 4.41. The SMILES string of the molecule is CC/C=C(/N)C1CCCN1C. The molecule has 0 aliphatic carbocycles. The van der Waals surface area contributed by atoms with Gasteiger partial charge in [0.2, 0.25) is 0 Å². The summed E-state index contributed by atoms with van der Waals surface area (Å²) in [5.41, 5.74) is 6.96. The molecule has 1 atom stereocenters. The second-order valence-corrected chi connectivity index (χ2v) is 3.25.